The van der Waals surface area contributed by atoms with Crippen LogP contribution < -0.4 is 10.2 Å². The molecule has 182 valence electrons. The van der Waals surface area contributed by atoms with Crippen LogP contribution in [-0.2, 0) is 22.6 Å². The van der Waals surface area contributed by atoms with Crippen LogP contribution in [0.1, 0.15) is 33.5 Å². The minimum absolute atomic E-state index is 0.268. The van der Waals surface area contributed by atoms with Crippen LogP contribution in [0.25, 0.3) is 0 Å². The summed E-state index contributed by atoms with van der Waals surface area (Å²) in [7, 11) is 1.64. The van der Waals surface area contributed by atoms with Gasteiger partial charge in [0.05, 0.1) is 18.1 Å². The van der Waals surface area contributed by atoms with Gasteiger partial charge in [-0.1, -0.05) is 36.4 Å². The van der Waals surface area contributed by atoms with E-state index in [2.05, 4.69) is 11.4 Å². The number of rotatable bonds is 7. The lowest BCUT2D eigenvalue weighted by atomic mass is 10.1. The van der Waals surface area contributed by atoms with Crippen molar-refractivity contribution >= 4 is 29.2 Å². The summed E-state index contributed by atoms with van der Waals surface area (Å²) < 4.78 is 0. The van der Waals surface area contributed by atoms with Crippen molar-refractivity contribution in [1.29, 1.82) is 5.26 Å². The standard InChI is InChI=1S/C28H26N4O4/c1-31(23-11-7-20(17-29)8-12-23)27(35)21-9-10-22-18-32(14-13-19-5-3-2-4-6-19)28(36)25(16-26(33)34)30-24(22)15-21/h2-12,15,25,30H,13-14,16,18H2,1H3,(H,33,34)/t25-/m1/s1. The summed E-state index contributed by atoms with van der Waals surface area (Å²) >= 11 is 0. The van der Waals surface area contributed by atoms with Gasteiger partial charge in [0.25, 0.3) is 5.91 Å². The Hall–Kier alpha value is -4.64. The van der Waals surface area contributed by atoms with E-state index in [0.29, 0.717) is 42.0 Å². The van der Waals surface area contributed by atoms with Gasteiger partial charge in [0.15, 0.2) is 0 Å². The summed E-state index contributed by atoms with van der Waals surface area (Å²) in [5.74, 6) is -1.64. The Morgan fingerprint density at radius 3 is 2.50 bits per heavy atom. The number of amides is 2. The number of hydrogen-bond acceptors (Lipinski definition) is 5. The first-order valence-electron chi connectivity index (χ1n) is 11.6. The molecule has 0 saturated carbocycles. The number of nitrogens with zero attached hydrogens (tertiary/aromatic N) is 3. The monoisotopic (exact) mass is 482 g/mol. The van der Waals surface area contributed by atoms with Gasteiger partial charge in [-0.25, -0.2) is 0 Å². The Morgan fingerprint density at radius 2 is 1.83 bits per heavy atom. The molecule has 0 spiro atoms. The third-order valence-electron chi connectivity index (χ3n) is 6.24. The molecular weight excluding hydrogens is 456 g/mol. The van der Waals surface area contributed by atoms with Crippen molar-refractivity contribution in [2.75, 3.05) is 23.8 Å². The number of nitrogens with one attached hydrogen (secondary N) is 1. The number of fused-ring (bicyclic) bond motifs is 1. The Balaban J connectivity index is 1.58. The molecule has 2 amide bonds. The first-order valence-corrected chi connectivity index (χ1v) is 11.6. The third kappa shape index (κ3) is 5.53. The highest BCUT2D eigenvalue weighted by Gasteiger charge is 2.31. The maximum atomic E-state index is 13.2. The van der Waals surface area contributed by atoms with Gasteiger partial charge < -0.3 is 20.2 Å². The molecule has 2 N–H and O–H groups in total. The molecule has 3 aromatic carbocycles. The minimum atomic E-state index is -1.08. The number of carboxylic acid groups (broad SMARTS) is 1. The maximum Gasteiger partial charge on any atom is 0.305 e. The van der Waals surface area contributed by atoms with Crippen molar-refractivity contribution in [3.63, 3.8) is 0 Å². The first-order chi connectivity index (χ1) is 17.4. The van der Waals surface area contributed by atoms with Crippen LogP contribution in [0.15, 0.2) is 72.8 Å². The van der Waals surface area contributed by atoms with E-state index in [4.69, 9.17) is 5.26 Å². The van der Waals surface area contributed by atoms with Gasteiger partial charge in [-0.05, 0) is 53.9 Å². The fourth-order valence-corrected chi connectivity index (χ4v) is 4.22. The molecule has 1 aliphatic heterocycles. The van der Waals surface area contributed by atoms with Crippen LogP contribution in [-0.4, -0.2) is 47.4 Å². The van der Waals surface area contributed by atoms with Crippen LogP contribution in [0.4, 0.5) is 11.4 Å². The molecule has 1 heterocycles. The normalized spacial score (nSPS) is 14.7. The lowest BCUT2D eigenvalue weighted by Gasteiger charge is -2.24. The van der Waals surface area contributed by atoms with Gasteiger partial charge in [0.1, 0.15) is 6.04 Å². The average Bonchev–Trinajstić information content (AvgIpc) is 3.02. The van der Waals surface area contributed by atoms with E-state index in [1.165, 1.54) is 4.90 Å². The fraction of sp³-hybridized carbons (Fsp3) is 0.214. The van der Waals surface area contributed by atoms with E-state index in [1.54, 1.807) is 54.4 Å². The van der Waals surface area contributed by atoms with Crippen LogP contribution in [0.2, 0.25) is 0 Å². The molecule has 1 aliphatic rings. The van der Waals surface area contributed by atoms with Gasteiger partial charge in [-0.2, -0.15) is 5.26 Å². The summed E-state index contributed by atoms with van der Waals surface area (Å²) in [6.07, 6.45) is 0.275. The Labute approximate surface area is 209 Å². The van der Waals surface area contributed by atoms with Crippen LogP contribution in [0, 0.1) is 11.3 Å². The van der Waals surface area contributed by atoms with Gasteiger partial charge >= 0.3 is 5.97 Å². The minimum Gasteiger partial charge on any atom is -0.481 e. The molecule has 0 aromatic heterocycles. The number of carbonyl (C=O) groups is 3. The van der Waals surface area contributed by atoms with Gasteiger partial charge in [0.2, 0.25) is 5.91 Å². The van der Waals surface area contributed by atoms with E-state index >= 15 is 0 Å². The molecule has 0 radical (unpaired) electrons. The summed E-state index contributed by atoms with van der Waals surface area (Å²) in [5, 5.41) is 21.5. The molecule has 0 unspecified atom stereocenters. The molecule has 3 aromatic rings. The van der Waals surface area contributed by atoms with Crippen LogP contribution in [0.3, 0.4) is 0 Å². The average molecular weight is 483 g/mol. The van der Waals surface area contributed by atoms with Gasteiger partial charge in [0, 0.05) is 37.1 Å². The quantitative estimate of drug-likeness (QED) is 0.531. The second-order valence-corrected chi connectivity index (χ2v) is 8.68. The van der Waals surface area contributed by atoms with E-state index in [9.17, 15) is 19.5 Å². The number of aliphatic carboxylic acids is 1. The molecule has 0 fully saturated rings. The highest BCUT2D eigenvalue weighted by Crippen LogP contribution is 2.27. The zero-order valence-corrected chi connectivity index (χ0v) is 19.8. The lowest BCUT2D eigenvalue weighted by molar-refractivity contribution is -0.141. The van der Waals surface area contributed by atoms with Crippen LogP contribution in [0.5, 0.6) is 0 Å². The highest BCUT2D eigenvalue weighted by molar-refractivity contribution is 6.06. The fourth-order valence-electron chi connectivity index (χ4n) is 4.22. The van der Waals surface area contributed by atoms with Gasteiger partial charge in [-0.15, -0.1) is 0 Å². The van der Waals surface area contributed by atoms with E-state index in [-0.39, 0.29) is 18.2 Å². The molecule has 36 heavy (non-hydrogen) atoms. The van der Waals surface area contributed by atoms with E-state index in [0.717, 1.165) is 11.1 Å². The third-order valence-corrected chi connectivity index (χ3v) is 6.24. The zero-order valence-electron chi connectivity index (χ0n) is 19.8. The lowest BCUT2D eigenvalue weighted by Crippen LogP contribution is -2.42. The van der Waals surface area contributed by atoms with Crippen molar-refractivity contribution in [2.45, 2.75) is 25.4 Å². The van der Waals surface area contributed by atoms with Crippen molar-refractivity contribution in [2.24, 2.45) is 0 Å². The predicted octanol–water partition coefficient (Wildman–Crippen LogP) is 3.67. The number of nitriles is 1. The maximum absolute atomic E-state index is 13.2. The largest absolute Gasteiger partial charge is 0.481 e. The topological polar surface area (TPSA) is 114 Å². The van der Waals surface area contributed by atoms with E-state index in [1.807, 2.05) is 30.3 Å². The molecule has 1 atom stereocenters. The molecular formula is C28H26N4O4. The van der Waals surface area contributed by atoms with Gasteiger partial charge in [-0.3, -0.25) is 14.4 Å². The smallest absolute Gasteiger partial charge is 0.305 e. The molecule has 8 heteroatoms. The van der Waals surface area contributed by atoms with Crippen molar-refractivity contribution in [3.8, 4) is 6.07 Å². The second kappa shape index (κ2) is 10.7. The number of benzene rings is 3. The highest BCUT2D eigenvalue weighted by atomic mass is 16.4. The van der Waals surface area contributed by atoms with Crippen molar-refractivity contribution in [1.82, 2.24) is 4.90 Å². The molecule has 0 aliphatic carbocycles. The zero-order chi connectivity index (χ0) is 25.7. The number of carbonyl (C=O) groups excluding carboxylic acids is 2. The van der Waals surface area contributed by atoms with Crippen molar-refractivity contribution < 1.29 is 19.5 Å². The molecule has 0 bridgehead atoms. The molecule has 4 rings (SSSR count). The Morgan fingerprint density at radius 1 is 1.11 bits per heavy atom. The second-order valence-electron chi connectivity index (χ2n) is 8.68. The van der Waals surface area contributed by atoms with Crippen LogP contribution >= 0.6 is 0 Å². The van der Waals surface area contributed by atoms with Crippen molar-refractivity contribution in [3.05, 3.63) is 95.1 Å². The first kappa shape index (κ1) is 24.5. The number of anilines is 2. The summed E-state index contributed by atoms with van der Waals surface area (Å²) in [4.78, 5) is 41.1. The summed E-state index contributed by atoms with van der Waals surface area (Å²) in [6.45, 7) is 0.756. The summed E-state index contributed by atoms with van der Waals surface area (Å²) in [5.41, 5.74) is 3.99. The Kier molecular flexibility index (Phi) is 7.31. The van der Waals surface area contributed by atoms with E-state index < -0.39 is 12.0 Å². The molecule has 8 nitrogen and oxygen atoms in total. The summed E-state index contributed by atoms with van der Waals surface area (Å²) in [6, 6.07) is 22.8. The Bertz CT molecular complexity index is 1320. The SMILES string of the molecule is CN(C(=O)c1ccc2c(c1)N[C@H](CC(=O)O)C(=O)N(CCc1ccccc1)C2)c1ccc(C#N)cc1. The predicted molar refractivity (Wildman–Crippen MR) is 136 cm³/mol. The molecule has 0 saturated heterocycles. The number of carboxylic acids is 1. The number of hydrogen-bond donors (Lipinski definition) is 2.